The molecule has 0 aromatic heterocycles. The molecule has 1 aromatic rings. The standard InChI is InChI=1S/C22H39N5O2/c1-5-29-21-18-19(9-10-20(21)28-4)8-6-11-24-22(23-2)25-12-15-27-14-7-13-26(3)16-17-27/h9-10,18H,5-8,11-17H2,1-4H3,(H2,23,24,25). The van der Waals surface area contributed by atoms with Gasteiger partial charge in [-0.3, -0.25) is 4.99 Å². The quantitative estimate of drug-likeness (QED) is 0.352. The lowest BCUT2D eigenvalue weighted by atomic mass is 10.1. The number of likely N-dealkylation sites (N-methyl/N-ethyl adjacent to an activating group) is 1. The van der Waals surface area contributed by atoms with Crippen molar-refractivity contribution in [1.29, 1.82) is 0 Å². The van der Waals surface area contributed by atoms with E-state index in [0.717, 1.165) is 63.0 Å². The number of guanidine groups is 1. The highest BCUT2D eigenvalue weighted by atomic mass is 16.5. The van der Waals surface area contributed by atoms with Gasteiger partial charge in [-0.1, -0.05) is 6.07 Å². The fourth-order valence-corrected chi connectivity index (χ4v) is 3.52. The Labute approximate surface area is 176 Å². The van der Waals surface area contributed by atoms with E-state index in [4.69, 9.17) is 9.47 Å². The Bertz CT molecular complexity index is 623. The molecular weight excluding hydrogens is 366 g/mol. The Morgan fingerprint density at radius 2 is 1.93 bits per heavy atom. The van der Waals surface area contributed by atoms with Gasteiger partial charge in [0.05, 0.1) is 13.7 Å². The highest BCUT2D eigenvalue weighted by Crippen LogP contribution is 2.28. The third kappa shape index (κ3) is 8.50. The summed E-state index contributed by atoms with van der Waals surface area (Å²) in [6, 6.07) is 6.16. The number of nitrogens with zero attached hydrogens (tertiary/aromatic N) is 3. The van der Waals surface area contributed by atoms with Crippen molar-refractivity contribution in [3.05, 3.63) is 23.8 Å². The summed E-state index contributed by atoms with van der Waals surface area (Å²) in [5.74, 6) is 2.48. The van der Waals surface area contributed by atoms with Gasteiger partial charge >= 0.3 is 0 Å². The van der Waals surface area contributed by atoms with E-state index in [1.807, 2.05) is 20.0 Å². The van der Waals surface area contributed by atoms with E-state index in [1.54, 1.807) is 7.11 Å². The van der Waals surface area contributed by atoms with Crippen LogP contribution in [0.3, 0.4) is 0 Å². The van der Waals surface area contributed by atoms with Crippen molar-refractivity contribution >= 4 is 5.96 Å². The molecule has 0 atom stereocenters. The normalized spacial score (nSPS) is 16.3. The van der Waals surface area contributed by atoms with Crippen LogP contribution in [0.15, 0.2) is 23.2 Å². The largest absolute Gasteiger partial charge is 0.493 e. The van der Waals surface area contributed by atoms with Crippen LogP contribution >= 0.6 is 0 Å². The maximum absolute atomic E-state index is 5.66. The van der Waals surface area contributed by atoms with Crippen LogP contribution in [0.4, 0.5) is 0 Å². The summed E-state index contributed by atoms with van der Waals surface area (Å²) in [7, 11) is 5.70. The zero-order chi connectivity index (χ0) is 20.9. The fourth-order valence-electron chi connectivity index (χ4n) is 3.52. The molecule has 2 rings (SSSR count). The predicted octanol–water partition coefficient (Wildman–Crippen LogP) is 1.83. The molecule has 0 spiro atoms. The van der Waals surface area contributed by atoms with Gasteiger partial charge in [-0.2, -0.15) is 0 Å². The predicted molar refractivity (Wildman–Crippen MR) is 120 cm³/mol. The van der Waals surface area contributed by atoms with Gasteiger partial charge in [0.1, 0.15) is 0 Å². The van der Waals surface area contributed by atoms with E-state index >= 15 is 0 Å². The Morgan fingerprint density at radius 1 is 1.10 bits per heavy atom. The molecule has 164 valence electrons. The van der Waals surface area contributed by atoms with Crippen molar-refractivity contribution in [2.75, 3.05) is 73.6 Å². The van der Waals surface area contributed by atoms with Gasteiger partial charge in [-0.15, -0.1) is 0 Å². The summed E-state index contributed by atoms with van der Waals surface area (Å²) in [6.07, 6.45) is 3.26. The lowest BCUT2D eigenvalue weighted by Crippen LogP contribution is -2.42. The van der Waals surface area contributed by atoms with Crippen molar-refractivity contribution in [3.63, 3.8) is 0 Å². The number of ether oxygens (including phenoxy) is 2. The molecule has 0 radical (unpaired) electrons. The Morgan fingerprint density at radius 3 is 2.69 bits per heavy atom. The monoisotopic (exact) mass is 405 g/mol. The summed E-state index contributed by atoms with van der Waals surface area (Å²) >= 11 is 0. The molecule has 7 heteroatoms. The lowest BCUT2D eigenvalue weighted by Gasteiger charge is -2.21. The molecule has 0 unspecified atom stereocenters. The molecule has 1 saturated heterocycles. The number of hydrogen-bond donors (Lipinski definition) is 2. The van der Waals surface area contributed by atoms with Crippen LogP contribution in [-0.2, 0) is 6.42 Å². The molecular formula is C22H39N5O2. The number of benzene rings is 1. The van der Waals surface area contributed by atoms with Crippen LogP contribution in [0.25, 0.3) is 0 Å². The Hall–Kier alpha value is -1.99. The highest BCUT2D eigenvalue weighted by molar-refractivity contribution is 5.79. The summed E-state index contributed by atoms with van der Waals surface area (Å²) in [4.78, 5) is 9.28. The van der Waals surface area contributed by atoms with Crippen LogP contribution in [0.1, 0.15) is 25.3 Å². The highest BCUT2D eigenvalue weighted by Gasteiger charge is 2.11. The molecule has 2 N–H and O–H groups in total. The average Bonchev–Trinajstić information content (AvgIpc) is 2.94. The second-order valence-corrected chi connectivity index (χ2v) is 7.45. The molecule has 0 amide bonds. The SMILES string of the molecule is CCOc1cc(CCCNC(=NC)NCCN2CCCN(C)CC2)ccc1OC. The second kappa shape index (κ2) is 13.3. The summed E-state index contributed by atoms with van der Waals surface area (Å²) in [5.41, 5.74) is 1.25. The molecule has 7 nitrogen and oxygen atoms in total. The zero-order valence-electron chi connectivity index (χ0n) is 18.7. The average molecular weight is 406 g/mol. The topological polar surface area (TPSA) is 61.4 Å². The van der Waals surface area contributed by atoms with Crippen LogP contribution in [0, 0.1) is 0 Å². The molecule has 29 heavy (non-hydrogen) atoms. The molecule has 0 saturated carbocycles. The number of aliphatic imine (C=N–C) groups is 1. The van der Waals surface area contributed by atoms with Gasteiger partial charge in [-0.25, -0.2) is 0 Å². The van der Waals surface area contributed by atoms with Gasteiger partial charge in [0, 0.05) is 39.8 Å². The minimum atomic E-state index is 0.636. The smallest absolute Gasteiger partial charge is 0.191 e. The van der Waals surface area contributed by atoms with Crippen LogP contribution in [-0.4, -0.2) is 89.4 Å². The minimum absolute atomic E-state index is 0.636. The van der Waals surface area contributed by atoms with Crippen molar-refractivity contribution in [2.45, 2.75) is 26.2 Å². The summed E-state index contributed by atoms with van der Waals surface area (Å²) < 4.78 is 11.0. The third-order valence-corrected chi connectivity index (χ3v) is 5.22. The van der Waals surface area contributed by atoms with Gasteiger partial charge in [0.15, 0.2) is 17.5 Å². The summed E-state index contributed by atoms with van der Waals surface area (Å²) in [5, 5.41) is 6.85. The molecule has 0 bridgehead atoms. The van der Waals surface area contributed by atoms with Crippen LogP contribution in [0.2, 0.25) is 0 Å². The van der Waals surface area contributed by atoms with E-state index in [9.17, 15) is 0 Å². The van der Waals surface area contributed by atoms with E-state index < -0.39 is 0 Å². The van der Waals surface area contributed by atoms with Crippen LogP contribution in [0.5, 0.6) is 11.5 Å². The maximum atomic E-state index is 5.66. The van der Waals surface area contributed by atoms with E-state index in [1.165, 1.54) is 25.1 Å². The number of aryl methyl sites for hydroxylation is 1. The molecule has 1 fully saturated rings. The molecule has 1 aliphatic heterocycles. The van der Waals surface area contributed by atoms with E-state index in [0.29, 0.717) is 6.61 Å². The van der Waals surface area contributed by atoms with Crippen molar-refractivity contribution < 1.29 is 9.47 Å². The first kappa shape index (κ1) is 23.3. The third-order valence-electron chi connectivity index (χ3n) is 5.22. The Kier molecular flexibility index (Phi) is 10.7. The second-order valence-electron chi connectivity index (χ2n) is 7.45. The maximum Gasteiger partial charge on any atom is 0.191 e. The minimum Gasteiger partial charge on any atom is -0.493 e. The first-order chi connectivity index (χ1) is 14.2. The van der Waals surface area contributed by atoms with Gasteiger partial charge < -0.3 is 29.9 Å². The first-order valence-electron chi connectivity index (χ1n) is 10.8. The number of nitrogens with one attached hydrogen (secondary N) is 2. The van der Waals surface area contributed by atoms with Crippen molar-refractivity contribution in [3.8, 4) is 11.5 Å². The molecule has 0 aliphatic carbocycles. The van der Waals surface area contributed by atoms with Crippen molar-refractivity contribution in [1.82, 2.24) is 20.4 Å². The number of rotatable bonds is 10. The number of methoxy groups -OCH3 is 1. The number of hydrogen-bond acceptors (Lipinski definition) is 5. The lowest BCUT2D eigenvalue weighted by molar-refractivity contribution is 0.280. The molecule has 1 aromatic carbocycles. The van der Waals surface area contributed by atoms with Crippen LogP contribution < -0.4 is 20.1 Å². The molecule has 1 aliphatic rings. The fraction of sp³-hybridized carbons (Fsp3) is 0.682. The molecule has 1 heterocycles. The summed E-state index contributed by atoms with van der Waals surface area (Å²) in [6.45, 7) is 10.2. The van der Waals surface area contributed by atoms with Crippen molar-refractivity contribution in [2.24, 2.45) is 4.99 Å². The first-order valence-corrected chi connectivity index (χ1v) is 10.8. The van der Waals surface area contributed by atoms with Gasteiger partial charge in [0.25, 0.3) is 0 Å². The zero-order valence-corrected chi connectivity index (χ0v) is 18.7. The van der Waals surface area contributed by atoms with Gasteiger partial charge in [-0.05, 0) is 64.0 Å². The van der Waals surface area contributed by atoms with E-state index in [2.05, 4.69) is 44.6 Å². The van der Waals surface area contributed by atoms with E-state index in [-0.39, 0.29) is 0 Å². The Balaban J connectivity index is 1.66. The van der Waals surface area contributed by atoms with Gasteiger partial charge in [0.2, 0.25) is 0 Å².